The molecule has 27 heavy (non-hydrogen) atoms. The summed E-state index contributed by atoms with van der Waals surface area (Å²) in [6, 6.07) is 10.7. The molecule has 2 aromatic rings. The van der Waals surface area contributed by atoms with Gasteiger partial charge in [-0.1, -0.05) is 6.07 Å². The molecule has 0 bridgehead atoms. The Morgan fingerprint density at radius 1 is 1.15 bits per heavy atom. The molecule has 6 nitrogen and oxygen atoms in total. The van der Waals surface area contributed by atoms with Crippen LogP contribution in [0, 0.1) is 5.82 Å². The van der Waals surface area contributed by atoms with Crippen LogP contribution in [-0.2, 0) is 6.42 Å². The summed E-state index contributed by atoms with van der Waals surface area (Å²) in [7, 11) is 3.90. The number of hydrogen-bond donors (Lipinski definition) is 2. The van der Waals surface area contributed by atoms with E-state index in [1.807, 2.05) is 25.1 Å². The second-order valence-electron chi connectivity index (χ2n) is 6.70. The van der Waals surface area contributed by atoms with Gasteiger partial charge in [0.05, 0.1) is 0 Å². The molecule has 2 aromatic carbocycles. The van der Waals surface area contributed by atoms with Crippen molar-refractivity contribution >= 4 is 23.3 Å². The Bertz CT molecular complexity index is 836. The second kappa shape index (κ2) is 8.18. The fraction of sp³-hybridized carbons (Fsp3) is 0.300. The van der Waals surface area contributed by atoms with Gasteiger partial charge in [-0.15, -0.1) is 0 Å². The van der Waals surface area contributed by atoms with Gasteiger partial charge in [0.2, 0.25) is 0 Å². The van der Waals surface area contributed by atoms with Crippen LogP contribution in [0.3, 0.4) is 0 Å². The first-order valence-corrected chi connectivity index (χ1v) is 8.84. The SMILES string of the molecule is CN(C)CCNC(=O)c1cccc2c1CCN2C(=O)Nc1ccc(F)cc1. The molecule has 0 unspecified atom stereocenters. The molecule has 0 saturated carbocycles. The summed E-state index contributed by atoms with van der Waals surface area (Å²) in [5.41, 5.74) is 2.72. The molecule has 0 radical (unpaired) electrons. The molecule has 0 spiro atoms. The van der Waals surface area contributed by atoms with Crippen molar-refractivity contribution in [2.24, 2.45) is 0 Å². The zero-order chi connectivity index (χ0) is 19.4. The van der Waals surface area contributed by atoms with Crippen molar-refractivity contribution in [2.75, 3.05) is 43.9 Å². The molecule has 7 heteroatoms. The average molecular weight is 370 g/mol. The number of carbonyl (C=O) groups is 2. The number of hydrogen-bond acceptors (Lipinski definition) is 3. The fourth-order valence-electron chi connectivity index (χ4n) is 3.07. The van der Waals surface area contributed by atoms with E-state index in [2.05, 4.69) is 10.6 Å². The highest BCUT2D eigenvalue weighted by atomic mass is 19.1. The van der Waals surface area contributed by atoms with E-state index in [0.717, 1.165) is 17.8 Å². The summed E-state index contributed by atoms with van der Waals surface area (Å²) in [6.07, 6.45) is 0.615. The highest BCUT2D eigenvalue weighted by Crippen LogP contribution is 2.31. The maximum atomic E-state index is 13.0. The van der Waals surface area contributed by atoms with E-state index in [4.69, 9.17) is 0 Å². The molecular weight excluding hydrogens is 347 g/mol. The molecule has 1 heterocycles. The molecule has 2 N–H and O–H groups in total. The van der Waals surface area contributed by atoms with Gasteiger partial charge in [0.15, 0.2) is 0 Å². The van der Waals surface area contributed by atoms with E-state index >= 15 is 0 Å². The predicted octanol–water partition coefficient (Wildman–Crippen LogP) is 2.71. The molecule has 0 aromatic heterocycles. The first-order chi connectivity index (χ1) is 13.0. The van der Waals surface area contributed by atoms with Crippen LogP contribution in [0.2, 0.25) is 0 Å². The van der Waals surface area contributed by atoms with Gasteiger partial charge in [-0.25, -0.2) is 9.18 Å². The lowest BCUT2D eigenvalue weighted by atomic mass is 10.0. The Labute approximate surface area is 158 Å². The minimum Gasteiger partial charge on any atom is -0.351 e. The third-order valence-corrected chi connectivity index (χ3v) is 4.46. The Hall–Kier alpha value is -2.93. The van der Waals surface area contributed by atoms with Crippen molar-refractivity contribution in [3.05, 3.63) is 59.4 Å². The van der Waals surface area contributed by atoms with Crippen LogP contribution in [0.1, 0.15) is 15.9 Å². The number of fused-ring (bicyclic) bond motifs is 1. The van der Waals surface area contributed by atoms with Gasteiger partial charge < -0.3 is 15.5 Å². The molecule has 142 valence electrons. The number of likely N-dealkylation sites (N-methyl/N-ethyl adjacent to an activating group) is 1. The average Bonchev–Trinajstić information content (AvgIpc) is 3.07. The molecule has 0 fully saturated rings. The van der Waals surface area contributed by atoms with Gasteiger partial charge in [0, 0.05) is 36.6 Å². The highest BCUT2D eigenvalue weighted by molar-refractivity contribution is 6.05. The second-order valence-corrected chi connectivity index (χ2v) is 6.70. The molecule has 3 rings (SSSR count). The van der Waals surface area contributed by atoms with Gasteiger partial charge in [-0.2, -0.15) is 0 Å². The van der Waals surface area contributed by atoms with E-state index in [0.29, 0.717) is 30.8 Å². The van der Waals surface area contributed by atoms with Crippen LogP contribution in [0.5, 0.6) is 0 Å². The van der Waals surface area contributed by atoms with Crippen molar-refractivity contribution in [1.82, 2.24) is 10.2 Å². The third kappa shape index (κ3) is 4.43. The number of urea groups is 1. The topological polar surface area (TPSA) is 64.7 Å². The maximum Gasteiger partial charge on any atom is 0.326 e. The molecule has 3 amide bonds. The Balaban J connectivity index is 1.72. The standard InChI is InChI=1S/C20H23FN4O2/c1-24(2)13-11-22-19(26)17-4-3-5-18-16(17)10-12-25(18)20(27)23-15-8-6-14(21)7-9-15/h3-9H,10-13H2,1-2H3,(H,22,26)(H,23,27). The minimum absolute atomic E-state index is 0.130. The largest absolute Gasteiger partial charge is 0.351 e. The fourth-order valence-corrected chi connectivity index (χ4v) is 3.07. The van der Waals surface area contributed by atoms with E-state index in [1.54, 1.807) is 17.0 Å². The van der Waals surface area contributed by atoms with Crippen molar-refractivity contribution in [1.29, 1.82) is 0 Å². The van der Waals surface area contributed by atoms with Gasteiger partial charge in [0.1, 0.15) is 5.82 Å². The highest BCUT2D eigenvalue weighted by Gasteiger charge is 2.28. The number of rotatable bonds is 5. The Morgan fingerprint density at radius 2 is 1.89 bits per heavy atom. The van der Waals surface area contributed by atoms with Crippen molar-refractivity contribution < 1.29 is 14.0 Å². The number of nitrogens with zero attached hydrogens (tertiary/aromatic N) is 2. The predicted molar refractivity (Wildman–Crippen MR) is 104 cm³/mol. The molecule has 0 atom stereocenters. The number of benzene rings is 2. The number of nitrogens with one attached hydrogen (secondary N) is 2. The summed E-state index contributed by atoms with van der Waals surface area (Å²) in [5, 5.41) is 5.68. The number of anilines is 2. The van der Waals surface area contributed by atoms with Crippen LogP contribution >= 0.6 is 0 Å². The van der Waals surface area contributed by atoms with Crippen molar-refractivity contribution in [3.63, 3.8) is 0 Å². The normalized spacial score (nSPS) is 12.8. The number of amides is 3. The smallest absolute Gasteiger partial charge is 0.326 e. The van der Waals surface area contributed by atoms with E-state index in [1.165, 1.54) is 24.3 Å². The van der Waals surface area contributed by atoms with Crippen LogP contribution < -0.4 is 15.5 Å². The minimum atomic E-state index is -0.357. The quantitative estimate of drug-likeness (QED) is 0.851. The van der Waals surface area contributed by atoms with Crippen molar-refractivity contribution in [2.45, 2.75) is 6.42 Å². The van der Waals surface area contributed by atoms with Crippen LogP contribution in [-0.4, -0.2) is 50.6 Å². The molecule has 0 aliphatic carbocycles. The lowest BCUT2D eigenvalue weighted by Gasteiger charge is -2.18. The third-order valence-electron chi connectivity index (χ3n) is 4.46. The van der Waals surface area contributed by atoms with Gasteiger partial charge in [-0.3, -0.25) is 9.69 Å². The van der Waals surface area contributed by atoms with Crippen LogP contribution in [0.4, 0.5) is 20.6 Å². The van der Waals surface area contributed by atoms with E-state index in [9.17, 15) is 14.0 Å². The van der Waals surface area contributed by atoms with E-state index in [-0.39, 0.29) is 17.8 Å². The monoisotopic (exact) mass is 370 g/mol. The first kappa shape index (κ1) is 18.8. The Kier molecular flexibility index (Phi) is 5.71. The summed E-state index contributed by atoms with van der Waals surface area (Å²) in [4.78, 5) is 28.7. The first-order valence-electron chi connectivity index (χ1n) is 8.84. The number of halogens is 1. The van der Waals surface area contributed by atoms with Gasteiger partial charge in [-0.05, 0) is 62.5 Å². The molecule has 1 aliphatic rings. The Morgan fingerprint density at radius 3 is 2.59 bits per heavy atom. The van der Waals surface area contributed by atoms with Gasteiger partial charge in [0.25, 0.3) is 5.91 Å². The maximum absolute atomic E-state index is 13.0. The van der Waals surface area contributed by atoms with Crippen LogP contribution in [0.25, 0.3) is 0 Å². The number of carbonyl (C=O) groups excluding carboxylic acids is 2. The molecule has 1 aliphatic heterocycles. The van der Waals surface area contributed by atoms with Gasteiger partial charge >= 0.3 is 6.03 Å². The van der Waals surface area contributed by atoms with E-state index < -0.39 is 0 Å². The molecule has 0 saturated heterocycles. The summed E-state index contributed by atoms with van der Waals surface area (Å²) >= 11 is 0. The molecular formula is C20H23FN4O2. The lowest BCUT2D eigenvalue weighted by molar-refractivity contribution is 0.0950. The zero-order valence-electron chi connectivity index (χ0n) is 15.5. The van der Waals surface area contributed by atoms with Crippen LogP contribution in [0.15, 0.2) is 42.5 Å². The zero-order valence-corrected chi connectivity index (χ0v) is 15.5. The summed E-state index contributed by atoms with van der Waals surface area (Å²) in [6.45, 7) is 1.81. The lowest BCUT2D eigenvalue weighted by Crippen LogP contribution is -2.33. The summed E-state index contributed by atoms with van der Waals surface area (Å²) < 4.78 is 13.0. The summed E-state index contributed by atoms with van der Waals surface area (Å²) in [5.74, 6) is -0.487. The van der Waals surface area contributed by atoms with Crippen molar-refractivity contribution in [3.8, 4) is 0 Å².